The van der Waals surface area contributed by atoms with Gasteiger partial charge in [0.05, 0.1) is 28.6 Å². The summed E-state index contributed by atoms with van der Waals surface area (Å²) in [6.07, 6.45) is 1.21. The predicted octanol–water partition coefficient (Wildman–Crippen LogP) is 5.96. The van der Waals surface area contributed by atoms with Crippen molar-refractivity contribution >= 4 is 67.3 Å². The highest BCUT2D eigenvalue weighted by Crippen LogP contribution is 2.34. The van der Waals surface area contributed by atoms with Gasteiger partial charge in [-0.3, -0.25) is 14.9 Å². The molecule has 0 unspecified atom stereocenters. The highest BCUT2D eigenvalue weighted by molar-refractivity contribution is 9.10. The lowest BCUT2D eigenvalue weighted by Crippen LogP contribution is -2.20. The molecule has 40 heavy (non-hydrogen) atoms. The first kappa shape index (κ1) is 27.0. The molecule has 13 heteroatoms. The fourth-order valence-corrected chi connectivity index (χ4v) is 4.60. The van der Waals surface area contributed by atoms with Crippen LogP contribution in [0.4, 0.5) is 5.69 Å². The van der Waals surface area contributed by atoms with Gasteiger partial charge in [-0.25, -0.2) is 9.78 Å². The SMILES string of the molecule is CCOC(=O)COc1c(C=Nn2c(-c3cc4cc(Cl)ccc4o3)nc3ccccc3c2=O)cc(Br)cc1[N+](=O)[O-]. The smallest absolute Gasteiger partial charge is 0.344 e. The summed E-state index contributed by atoms with van der Waals surface area (Å²) < 4.78 is 17.7. The van der Waals surface area contributed by atoms with Gasteiger partial charge in [-0.2, -0.15) is 9.78 Å². The van der Waals surface area contributed by atoms with Crippen LogP contribution < -0.4 is 10.3 Å². The number of hydrogen-bond donors (Lipinski definition) is 0. The lowest BCUT2D eigenvalue weighted by Gasteiger charge is -2.11. The minimum absolute atomic E-state index is 0.0887. The van der Waals surface area contributed by atoms with Crippen molar-refractivity contribution in [2.45, 2.75) is 6.92 Å². The Morgan fingerprint density at radius 3 is 2.80 bits per heavy atom. The predicted molar refractivity (Wildman–Crippen MR) is 152 cm³/mol. The Bertz CT molecular complexity index is 1880. The Hall–Kier alpha value is -4.55. The van der Waals surface area contributed by atoms with Crippen LogP contribution in [-0.4, -0.2) is 40.0 Å². The van der Waals surface area contributed by atoms with E-state index in [2.05, 4.69) is 26.0 Å². The summed E-state index contributed by atoms with van der Waals surface area (Å²) in [4.78, 5) is 41.2. The topological polar surface area (TPSA) is 139 Å². The molecule has 2 heterocycles. The molecule has 0 fully saturated rings. The van der Waals surface area contributed by atoms with E-state index in [1.807, 2.05) is 0 Å². The quantitative estimate of drug-likeness (QED) is 0.0891. The molecule has 0 saturated heterocycles. The molecule has 0 saturated carbocycles. The Morgan fingerprint density at radius 1 is 1.23 bits per heavy atom. The molecule has 202 valence electrons. The summed E-state index contributed by atoms with van der Waals surface area (Å²) in [5.74, 6) is -0.599. The average molecular weight is 626 g/mol. The van der Waals surface area contributed by atoms with Gasteiger partial charge in [0, 0.05) is 26.5 Å². The molecule has 0 aliphatic rings. The number of fused-ring (bicyclic) bond motifs is 2. The lowest BCUT2D eigenvalue weighted by molar-refractivity contribution is -0.385. The number of esters is 1. The van der Waals surface area contributed by atoms with Crippen molar-refractivity contribution < 1.29 is 23.6 Å². The molecule has 5 aromatic rings. The second-order valence-electron chi connectivity index (χ2n) is 8.30. The highest BCUT2D eigenvalue weighted by Gasteiger charge is 2.22. The Labute approximate surface area is 238 Å². The molecule has 0 spiro atoms. The minimum atomic E-state index is -0.704. The van der Waals surface area contributed by atoms with Crippen molar-refractivity contribution in [3.05, 3.63) is 96.2 Å². The fraction of sp³-hybridized carbons (Fsp3) is 0.111. The molecular formula is C27H18BrClN4O7. The van der Waals surface area contributed by atoms with Crippen molar-refractivity contribution in [1.29, 1.82) is 0 Å². The number of nitrogens with zero attached hydrogens (tertiary/aromatic N) is 4. The zero-order valence-corrected chi connectivity index (χ0v) is 23.0. The molecule has 11 nitrogen and oxygen atoms in total. The van der Waals surface area contributed by atoms with Gasteiger partial charge in [-0.05, 0) is 49.4 Å². The van der Waals surface area contributed by atoms with Crippen LogP contribution in [0.5, 0.6) is 5.75 Å². The van der Waals surface area contributed by atoms with Gasteiger partial charge in [-0.15, -0.1) is 0 Å². The van der Waals surface area contributed by atoms with E-state index in [4.69, 9.17) is 25.5 Å². The van der Waals surface area contributed by atoms with E-state index in [1.54, 1.807) is 55.5 Å². The van der Waals surface area contributed by atoms with E-state index < -0.39 is 28.7 Å². The van der Waals surface area contributed by atoms with E-state index in [0.29, 0.717) is 31.4 Å². The summed E-state index contributed by atoms with van der Waals surface area (Å²) in [6, 6.07) is 16.2. The maximum Gasteiger partial charge on any atom is 0.344 e. The van der Waals surface area contributed by atoms with Crippen LogP contribution >= 0.6 is 27.5 Å². The molecule has 0 aliphatic carbocycles. The van der Waals surface area contributed by atoms with Gasteiger partial charge in [0.1, 0.15) is 5.58 Å². The van der Waals surface area contributed by atoms with Crippen molar-refractivity contribution in [2.24, 2.45) is 5.10 Å². The van der Waals surface area contributed by atoms with Crippen molar-refractivity contribution in [2.75, 3.05) is 13.2 Å². The second-order valence-corrected chi connectivity index (χ2v) is 9.65. The number of carbonyl (C=O) groups excluding carboxylic acids is 1. The number of halogens is 2. The molecule has 0 bridgehead atoms. The average Bonchev–Trinajstić information content (AvgIpc) is 3.34. The third kappa shape index (κ3) is 5.44. The molecule has 0 aliphatic heterocycles. The summed E-state index contributed by atoms with van der Waals surface area (Å²) >= 11 is 9.37. The first-order valence-electron chi connectivity index (χ1n) is 11.8. The van der Waals surface area contributed by atoms with E-state index >= 15 is 0 Å². The number of carbonyl (C=O) groups is 1. The van der Waals surface area contributed by atoms with Crippen LogP contribution in [0.15, 0.2) is 79.4 Å². The molecule has 3 aromatic carbocycles. The molecule has 0 N–H and O–H groups in total. The van der Waals surface area contributed by atoms with Crippen LogP contribution in [0, 0.1) is 10.1 Å². The maximum absolute atomic E-state index is 13.6. The molecule has 0 amide bonds. The van der Waals surface area contributed by atoms with Gasteiger partial charge in [0.25, 0.3) is 5.56 Å². The number of rotatable bonds is 8. The first-order chi connectivity index (χ1) is 19.2. The molecule has 0 atom stereocenters. The van der Waals surface area contributed by atoms with E-state index in [1.165, 1.54) is 18.3 Å². The lowest BCUT2D eigenvalue weighted by atomic mass is 10.2. The van der Waals surface area contributed by atoms with Crippen LogP contribution in [0.2, 0.25) is 5.02 Å². The maximum atomic E-state index is 13.6. The van der Waals surface area contributed by atoms with Gasteiger partial charge < -0.3 is 13.9 Å². The van der Waals surface area contributed by atoms with Gasteiger partial charge >= 0.3 is 11.7 Å². The van der Waals surface area contributed by atoms with Crippen molar-refractivity contribution in [3.63, 3.8) is 0 Å². The largest absolute Gasteiger partial charge is 0.474 e. The third-order valence-corrected chi connectivity index (χ3v) is 6.36. The van der Waals surface area contributed by atoms with E-state index in [-0.39, 0.29) is 29.5 Å². The summed E-state index contributed by atoms with van der Waals surface area (Å²) in [7, 11) is 0. The van der Waals surface area contributed by atoms with Crippen molar-refractivity contribution in [3.8, 4) is 17.3 Å². The number of furan rings is 1. The molecule has 2 aromatic heterocycles. The van der Waals surface area contributed by atoms with Gasteiger partial charge in [0.15, 0.2) is 12.4 Å². The Kier molecular flexibility index (Phi) is 7.63. The standard InChI is InChI=1S/C27H18BrClN4O7/c1-2-38-24(34)14-39-25-16(9-17(28)12-21(25)33(36)37)13-30-32-26(31-20-6-4-3-5-19(20)27(32)35)23-11-15-10-18(29)7-8-22(15)40-23/h3-13H,2,14H2,1H3. The van der Waals surface area contributed by atoms with Crippen LogP contribution in [-0.2, 0) is 9.53 Å². The van der Waals surface area contributed by atoms with Crippen LogP contribution in [0.25, 0.3) is 33.5 Å². The number of ether oxygens (including phenoxy) is 2. The van der Waals surface area contributed by atoms with E-state index in [9.17, 15) is 19.7 Å². The zero-order valence-electron chi connectivity index (χ0n) is 20.7. The van der Waals surface area contributed by atoms with Gasteiger partial charge in [-0.1, -0.05) is 39.7 Å². The Balaban J connectivity index is 1.67. The monoisotopic (exact) mass is 624 g/mol. The highest BCUT2D eigenvalue weighted by atomic mass is 79.9. The fourth-order valence-electron chi connectivity index (χ4n) is 3.96. The number of hydrogen-bond acceptors (Lipinski definition) is 9. The van der Waals surface area contributed by atoms with Gasteiger partial charge in [0.2, 0.25) is 11.6 Å². The van der Waals surface area contributed by atoms with Crippen LogP contribution in [0.1, 0.15) is 12.5 Å². The molecule has 0 radical (unpaired) electrons. The molecular weight excluding hydrogens is 608 g/mol. The minimum Gasteiger partial charge on any atom is -0.474 e. The number of benzene rings is 3. The first-order valence-corrected chi connectivity index (χ1v) is 12.9. The number of para-hydroxylation sites is 1. The Morgan fingerprint density at radius 2 is 2.02 bits per heavy atom. The summed E-state index contributed by atoms with van der Waals surface area (Å²) in [5, 5.41) is 17.6. The summed E-state index contributed by atoms with van der Waals surface area (Å²) in [6.45, 7) is 1.18. The number of nitro groups is 1. The zero-order chi connectivity index (χ0) is 28.4. The second kappa shape index (κ2) is 11.3. The molecule has 5 rings (SSSR count). The summed E-state index contributed by atoms with van der Waals surface area (Å²) in [5.41, 5.74) is 0.138. The number of nitro benzene ring substituents is 1. The van der Waals surface area contributed by atoms with E-state index in [0.717, 1.165) is 4.68 Å². The van der Waals surface area contributed by atoms with Crippen molar-refractivity contribution in [1.82, 2.24) is 9.66 Å². The third-order valence-electron chi connectivity index (χ3n) is 5.66. The number of aromatic nitrogens is 2. The van der Waals surface area contributed by atoms with Crippen LogP contribution in [0.3, 0.4) is 0 Å². The normalized spacial score (nSPS) is 11.4.